The molecule has 0 spiro atoms. The summed E-state index contributed by atoms with van der Waals surface area (Å²) in [5, 5.41) is 4.09. The van der Waals surface area contributed by atoms with Gasteiger partial charge in [0.15, 0.2) is 0 Å². The highest BCUT2D eigenvalue weighted by Gasteiger charge is 2.23. The molecular formula is C18H26N6O. The average molecular weight is 342 g/mol. The average Bonchev–Trinajstić information content (AvgIpc) is 2.86. The minimum Gasteiger partial charge on any atom is -0.355 e. The number of nitrogens with zero attached hydrogens (tertiary/aromatic N) is 6. The second-order valence-corrected chi connectivity index (χ2v) is 7.52. The highest BCUT2D eigenvalue weighted by Crippen LogP contribution is 2.21. The van der Waals surface area contributed by atoms with Crippen molar-refractivity contribution in [1.29, 1.82) is 0 Å². The van der Waals surface area contributed by atoms with Gasteiger partial charge < -0.3 is 9.80 Å². The molecule has 0 bridgehead atoms. The van der Waals surface area contributed by atoms with Gasteiger partial charge in [-0.05, 0) is 12.5 Å². The van der Waals surface area contributed by atoms with Crippen molar-refractivity contribution in [2.24, 2.45) is 7.05 Å². The smallest absolute Gasteiger partial charge is 0.257 e. The van der Waals surface area contributed by atoms with E-state index in [1.807, 2.05) is 24.2 Å². The van der Waals surface area contributed by atoms with Gasteiger partial charge in [-0.3, -0.25) is 9.48 Å². The van der Waals surface area contributed by atoms with Crippen molar-refractivity contribution >= 4 is 11.7 Å². The third-order valence-electron chi connectivity index (χ3n) is 4.37. The summed E-state index contributed by atoms with van der Waals surface area (Å²) < 4.78 is 1.66. The summed E-state index contributed by atoms with van der Waals surface area (Å²) in [6.07, 6.45) is 6.14. The van der Waals surface area contributed by atoms with Crippen LogP contribution in [-0.2, 0) is 12.5 Å². The lowest BCUT2D eigenvalue weighted by Gasteiger charge is -2.24. The number of rotatable bonds is 2. The Kier molecular flexibility index (Phi) is 4.74. The fraction of sp³-hybridized carbons (Fsp3) is 0.556. The van der Waals surface area contributed by atoms with Crippen LogP contribution >= 0.6 is 0 Å². The summed E-state index contributed by atoms with van der Waals surface area (Å²) in [6.45, 7) is 9.43. The van der Waals surface area contributed by atoms with Crippen molar-refractivity contribution in [3.05, 3.63) is 36.0 Å². The standard InChI is InChI=1S/C18H26N6O/c1-18(2,3)17-19-7-6-15(21-17)23-8-5-9-24(11-10-23)16(25)14-12-20-22(4)13-14/h6-7,12-13H,5,8-11H2,1-4H3. The maximum Gasteiger partial charge on any atom is 0.257 e. The highest BCUT2D eigenvalue weighted by atomic mass is 16.2. The van der Waals surface area contributed by atoms with Crippen molar-refractivity contribution in [2.75, 3.05) is 31.1 Å². The van der Waals surface area contributed by atoms with E-state index in [0.29, 0.717) is 12.1 Å². The van der Waals surface area contributed by atoms with Crippen LogP contribution in [0.2, 0.25) is 0 Å². The van der Waals surface area contributed by atoms with Gasteiger partial charge in [-0.2, -0.15) is 5.10 Å². The van der Waals surface area contributed by atoms with Crippen molar-refractivity contribution in [2.45, 2.75) is 32.6 Å². The lowest BCUT2D eigenvalue weighted by molar-refractivity contribution is 0.0767. The van der Waals surface area contributed by atoms with Gasteiger partial charge in [-0.15, -0.1) is 0 Å². The molecule has 0 radical (unpaired) electrons. The Morgan fingerprint density at radius 2 is 1.96 bits per heavy atom. The molecule has 3 rings (SSSR count). The first-order valence-corrected chi connectivity index (χ1v) is 8.71. The van der Waals surface area contributed by atoms with Crippen LogP contribution in [0.25, 0.3) is 0 Å². The topological polar surface area (TPSA) is 67.2 Å². The quantitative estimate of drug-likeness (QED) is 0.833. The summed E-state index contributed by atoms with van der Waals surface area (Å²) in [5.41, 5.74) is 0.567. The third-order valence-corrected chi connectivity index (χ3v) is 4.37. The SMILES string of the molecule is Cn1cc(C(=O)N2CCCN(c3ccnc(C(C)(C)C)n3)CC2)cn1. The zero-order valence-corrected chi connectivity index (χ0v) is 15.4. The minimum absolute atomic E-state index is 0.0491. The Bertz CT molecular complexity index is 748. The Morgan fingerprint density at radius 3 is 2.64 bits per heavy atom. The third kappa shape index (κ3) is 3.97. The molecule has 1 fully saturated rings. The summed E-state index contributed by atoms with van der Waals surface area (Å²) in [5.74, 6) is 1.83. The van der Waals surface area contributed by atoms with Gasteiger partial charge in [0.25, 0.3) is 5.91 Å². The normalized spacial score (nSPS) is 16.0. The molecule has 3 heterocycles. The van der Waals surface area contributed by atoms with Crippen LogP contribution in [-0.4, -0.2) is 56.7 Å². The second kappa shape index (κ2) is 6.82. The molecule has 25 heavy (non-hydrogen) atoms. The van der Waals surface area contributed by atoms with Gasteiger partial charge in [-0.25, -0.2) is 9.97 Å². The number of hydrogen-bond acceptors (Lipinski definition) is 5. The molecule has 7 nitrogen and oxygen atoms in total. The van der Waals surface area contributed by atoms with Crippen molar-refractivity contribution in [3.8, 4) is 0 Å². The summed E-state index contributed by atoms with van der Waals surface area (Å²) in [4.78, 5) is 25.9. The van der Waals surface area contributed by atoms with E-state index in [1.165, 1.54) is 0 Å². The molecule has 0 unspecified atom stereocenters. The molecule has 0 aromatic carbocycles. The van der Waals surface area contributed by atoms with Crippen LogP contribution in [0, 0.1) is 0 Å². The Balaban J connectivity index is 1.70. The Labute approximate surface area is 148 Å². The lowest BCUT2D eigenvalue weighted by Crippen LogP contribution is -2.35. The number of amides is 1. The molecule has 0 saturated carbocycles. The number of hydrogen-bond donors (Lipinski definition) is 0. The predicted octanol–water partition coefficient (Wildman–Crippen LogP) is 1.86. The predicted molar refractivity (Wildman–Crippen MR) is 96.7 cm³/mol. The molecule has 1 aliphatic rings. The van der Waals surface area contributed by atoms with Crippen molar-refractivity contribution in [3.63, 3.8) is 0 Å². The maximum absolute atomic E-state index is 12.6. The molecule has 2 aromatic heterocycles. The summed E-state index contributed by atoms with van der Waals surface area (Å²) >= 11 is 0. The van der Waals surface area contributed by atoms with Crippen molar-refractivity contribution in [1.82, 2.24) is 24.6 Å². The van der Waals surface area contributed by atoms with E-state index in [4.69, 9.17) is 4.98 Å². The van der Waals surface area contributed by atoms with Gasteiger partial charge in [0.1, 0.15) is 11.6 Å². The summed E-state index contributed by atoms with van der Waals surface area (Å²) in [7, 11) is 1.82. The maximum atomic E-state index is 12.6. The van der Waals surface area contributed by atoms with Gasteiger partial charge in [0, 0.05) is 51.0 Å². The zero-order chi connectivity index (χ0) is 18.0. The summed E-state index contributed by atoms with van der Waals surface area (Å²) in [6, 6.07) is 1.95. The van der Waals surface area contributed by atoms with E-state index in [1.54, 1.807) is 17.1 Å². The number of anilines is 1. The number of carbonyl (C=O) groups excluding carboxylic acids is 1. The van der Waals surface area contributed by atoms with Gasteiger partial charge in [0.05, 0.1) is 11.8 Å². The number of aromatic nitrogens is 4. The molecule has 134 valence electrons. The highest BCUT2D eigenvalue weighted by molar-refractivity contribution is 5.93. The molecule has 0 N–H and O–H groups in total. The zero-order valence-electron chi connectivity index (χ0n) is 15.4. The molecule has 0 aliphatic carbocycles. The van der Waals surface area contributed by atoms with Crippen LogP contribution in [0.5, 0.6) is 0 Å². The van der Waals surface area contributed by atoms with E-state index in [0.717, 1.165) is 37.7 Å². The van der Waals surface area contributed by atoms with E-state index >= 15 is 0 Å². The first-order chi connectivity index (χ1) is 11.8. The monoisotopic (exact) mass is 342 g/mol. The largest absolute Gasteiger partial charge is 0.355 e. The van der Waals surface area contributed by atoms with Crippen molar-refractivity contribution < 1.29 is 4.79 Å². The van der Waals surface area contributed by atoms with Crippen LogP contribution in [0.1, 0.15) is 43.4 Å². The van der Waals surface area contributed by atoms with Gasteiger partial charge in [0.2, 0.25) is 0 Å². The van der Waals surface area contributed by atoms with E-state index in [-0.39, 0.29) is 11.3 Å². The van der Waals surface area contributed by atoms with Crippen LogP contribution < -0.4 is 4.90 Å². The first kappa shape index (κ1) is 17.4. The second-order valence-electron chi connectivity index (χ2n) is 7.52. The number of carbonyl (C=O) groups is 1. The van der Waals surface area contributed by atoms with E-state index < -0.39 is 0 Å². The van der Waals surface area contributed by atoms with Gasteiger partial charge in [-0.1, -0.05) is 20.8 Å². The van der Waals surface area contributed by atoms with E-state index in [9.17, 15) is 4.79 Å². The fourth-order valence-corrected chi connectivity index (χ4v) is 2.95. The molecule has 1 aliphatic heterocycles. The molecule has 1 amide bonds. The lowest BCUT2D eigenvalue weighted by atomic mass is 9.96. The van der Waals surface area contributed by atoms with Gasteiger partial charge >= 0.3 is 0 Å². The fourth-order valence-electron chi connectivity index (χ4n) is 2.95. The van der Waals surface area contributed by atoms with Crippen LogP contribution in [0.3, 0.4) is 0 Å². The first-order valence-electron chi connectivity index (χ1n) is 8.71. The number of aryl methyl sites for hydroxylation is 1. The van der Waals surface area contributed by atoms with Crippen LogP contribution in [0.15, 0.2) is 24.7 Å². The Morgan fingerprint density at radius 1 is 1.16 bits per heavy atom. The molecular weight excluding hydrogens is 316 g/mol. The molecule has 1 saturated heterocycles. The Hall–Kier alpha value is -2.44. The van der Waals surface area contributed by atoms with E-state index in [2.05, 4.69) is 35.8 Å². The van der Waals surface area contributed by atoms with Crippen LogP contribution in [0.4, 0.5) is 5.82 Å². The minimum atomic E-state index is -0.0792. The molecule has 0 atom stereocenters. The molecule has 7 heteroatoms. The molecule has 2 aromatic rings.